The van der Waals surface area contributed by atoms with Gasteiger partial charge in [0.25, 0.3) is 0 Å². The molecule has 0 bridgehead atoms. The molecule has 0 fully saturated rings. The van der Waals surface area contributed by atoms with E-state index in [9.17, 15) is 4.79 Å². The number of nitrogens with zero attached hydrogens (tertiary/aromatic N) is 1. The van der Waals surface area contributed by atoms with Gasteiger partial charge in [0.15, 0.2) is 5.13 Å². The topological polar surface area (TPSA) is 72.5 Å². The Bertz CT molecular complexity index is 1180. The van der Waals surface area contributed by atoms with Gasteiger partial charge >= 0.3 is 6.03 Å². The quantitative estimate of drug-likeness (QED) is 0.445. The number of amides is 2. The Balaban J connectivity index is 1.44. The highest BCUT2D eigenvalue weighted by molar-refractivity contribution is 7.14. The van der Waals surface area contributed by atoms with Crippen LogP contribution in [-0.4, -0.2) is 25.2 Å². The molecule has 2 N–H and O–H groups in total. The molecule has 0 aliphatic carbocycles. The fourth-order valence-corrected chi connectivity index (χ4v) is 3.94. The third-order valence-corrected chi connectivity index (χ3v) is 5.48. The molecule has 30 heavy (non-hydrogen) atoms. The van der Waals surface area contributed by atoms with Crippen LogP contribution in [0.1, 0.15) is 5.56 Å². The molecular formula is C23H21N3O3S. The number of aromatic nitrogens is 1. The number of urea groups is 1. The smallest absolute Gasteiger partial charge is 0.321 e. The summed E-state index contributed by atoms with van der Waals surface area (Å²) in [6.07, 6.45) is 0. The predicted octanol–water partition coefficient (Wildman–Crippen LogP) is 5.30. The first kappa shape index (κ1) is 19.7. The van der Waals surface area contributed by atoms with Crippen LogP contribution in [0.15, 0.2) is 66.0 Å². The standard InChI is InChI=1S/C23H21N3O3S/c1-28-17-10-11-21(29-2)19(12-17)20-14-30-23(25-20)26-22(27)24-13-16-8-5-7-15-6-3-4-9-18(15)16/h3-12,14H,13H2,1-2H3,(H2,24,25,26,27). The maximum Gasteiger partial charge on any atom is 0.321 e. The molecule has 0 aliphatic rings. The third-order valence-electron chi connectivity index (χ3n) is 4.73. The summed E-state index contributed by atoms with van der Waals surface area (Å²) in [6, 6.07) is 19.4. The fraction of sp³-hybridized carbons (Fsp3) is 0.130. The average molecular weight is 420 g/mol. The Labute approximate surface area is 178 Å². The van der Waals surface area contributed by atoms with Gasteiger partial charge in [-0.15, -0.1) is 11.3 Å². The fourth-order valence-electron chi connectivity index (χ4n) is 3.23. The summed E-state index contributed by atoms with van der Waals surface area (Å²) < 4.78 is 10.7. The summed E-state index contributed by atoms with van der Waals surface area (Å²) in [5.74, 6) is 1.40. The van der Waals surface area contributed by atoms with Gasteiger partial charge in [0.1, 0.15) is 11.5 Å². The third kappa shape index (κ3) is 4.21. The summed E-state index contributed by atoms with van der Waals surface area (Å²) in [5.41, 5.74) is 2.57. The van der Waals surface area contributed by atoms with Gasteiger partial charge in [0, 0.05) is 17.5 Å². The molecule has 4 rings (SSSR count). The first-order valence-electron chi connectivity index (χ1n) is 9.37. The summed E-state index contributed by atoms with van der Waals surface area (Å²) in [6.45, 7) is 0.426. The van der Waals surface area contributed by atoms with Gasteiger partial charge in [-0.2, -0.15) is 0 Å². The molecule has 0 saturated heterocycles. The van der Waals surface area contributed by atoms with Crippen molar-refractivity contribution in [1.29, 1.82) is 0 Å². The van der Waals surface area contributed by atoms with Crippen LogP contribution >= 0.6 is 11.3 Å². The Morgan fingerprint density at radius 3 is 2.70 bits per heavy atom. The van der Waals surface area contributed by atoms with Gasteiger partial charge in [-0.05, 0) is 34.5 Å². The van der Waals surface area contributed by atoms with Crippen LogP contribution in [0.2, 0.25) is 0 Å². The van der Waals surface area contributed by atoms with Crippen LogP contribution in [0, 0.1) is 0 Å². The number of fused-ring (bicyclic) bond motifs is 1. The minimum Gasteiger partial charge on any atom is -0.497 e. The minimum atomic E-state index is -0.304. The van der Waals surface area contributed by atoms with Crippen LogP contribution < -0.4 is 20.1 Å². The summed E-state index contributed by atoms with van der Waals surface area (Å²) in [5, 5.41) is 10.4. The van der Waals surface area contributed by atoms with Gasteiger partial charge in [-0.3, -0.25) is 5.32 Å². The number of methoxy groups -OCH3 is 2. The summed E-state index contributed by atoms with van der Waals surface area (Å²) in [7, 11) is 3.22. The molecule has 1 heterocycles. The van der Waals surface area contributed by atoms with Crippen LogP contribution in [-0.2, 0) is 6.54 Å². The van der Waals surface area contributed by atoms with E-state index in [1.165, 1.54) is 11.3 Å². The van der Waals surface area contributed by atoms with Gasteiger partial charge in [-0.25, -0.2) is 9.78 Å². The molecule has 7 heteroatoms. The van der Waals surface area contributed by atoms with Crippen molar-refractivity contribution < 1.29 is 14.3 Å². The number of anilines is 1. The molecule has 0 aliphatic heterocycles. The van der Waals surface area contributed by atoms with E-state index < -0.39 is 0 Å². The highest BCUT2D eigenvalue weighted by Crippen LogP contribution is 2.35. The van der Waals surface area contributed by atoms with Crippen LogP contribution in [0.25, 0.3) is 22.0 Å². The molecule has 4 aromatic rings. The number of carbonyl (C=O) groups excluding carboxylic acids is 1. The van der Waals surface area contributed by atoms with Crippen molar-refractivity contribution in [2.75, 3.05) is 19.5 Å². The van der Waals surface area contributed by atoms with Crippen molar-refractivity contribution in [3.05, 3.63) is 71.6 Å². The second-order valence-corrected chi connectivity index (χ2v) is 7.41. The summed E-state index contributed by atoms with van der Waals surface area (Å²) >= 11 is 1.35. The minimum absolute atomic E-state index is 0.304. The molecule has 3 aromatic carbocycles. The highest BCUT2D eigenvalue weighted by atomic mass is 32.1. The van der Waals surface area contributed by atoms with Crippen molar-refractivity contribution in [2.24, 2.45) is 0 Å². The monoisotopic (exact) mass is 419 g/mol. The first-order chi connectivity index (χ1) is 14.7. The van der Waals surface area contributed by atoms with Crippen molar-refractivity contribution in [2.45, 2.75) is 6.54 Å². The maximum absolute atomic E-state index is 12.4. The van der Waals surface area contributed by atoms with E-state index in [0.29, 0.717) is 28.9 Å². The normalized spacial score (nSPS) is 10.6. The van der Waals surface area contributed by atoms with Crippen molar-refractivity contribution in [3.8, 4) is 22.8 Å². The average Bonchev–Trinajstić information content (AvgIpc) is 3.25. The van der Waals surface area contributed by atoms with Crippen LogP contribution in [0.4, 0.5) is 9.93 Å². The lowest BCUT2D eigenvalue weighted by molar-refractivity contribution is 0.252. The van der Waals surface area contributed by atoms with E-state index >= 15 is 0 Å². The molecule has 0 saturated carbocycles. The number of ether oxygens (including phenoxy) is 2. The van der Waals surface area contributed by atoms with E-state index in [-0.39, 0.29) is 6.03 Å². The van der Waals surface area contributed by atoms with Gasteiger partial charge in [0.05, 0.1) is 19.9 Å². The molecule has 0 unspecified atom stereocenters. The van der Waals surface area contributed by atoms with Crippen LogP contribution in [0.3, 0.4) is 0 Å². The van der Waals surface area contributed by atoms with E-state index in [2.05, 4.69) is 33.8 Å². The Morgan fingerprint density at radius 2 is 1.87 bits per heavy atom. The second-order valence-electron chi connectivity index (χ2n) is 6.55. The molecule has 0 spiro atoms. The SMILES string of the molecule is COc1ccc(OC)c(-c2csc(NC(=O)NCc3cccc4ccccc34)n2)c1. The Kier molecular flexibility index (Phi) is 5.81. The molecule has 1 aromatic heterocycles. The van der Waals surface area contributed by atoms with Crippen LogP contribution in [0.5, 0.6) is 11.5 Å². The number of carbonyl (C=O) groups is 1. The van der Waals surface area contributed by atoms with Crippen molar-refractivity contribution in [1.82, 2.24) is 10.3 Å². The molecule has 0 atom stereocenters. The number of hydrogen-bond donors (Lipinski definition) is 2. The first-order valence-corrected chi connectivity index (χ1v) is 10.3. The predicted molar refractivity (Wildman–Crippen MR) is 120 cm³/mol. The van der Waals surface area contributed by atoms with Gasteiger partial charge < -0.3 is 14.8 Å². The highest BCUT2D eigenvalue weighted by Gasteiger charge is 2.13. The lowest BCUT2D eigenvalue weighted by atomic mass is 10.0. The van der Waals surface area contributed by atoms with E-state index in [4.69, 9.17) is 9.47 Å². The lowest BCUT2D eigenvalue weighted by Gasteiger charge is -2.09. The maximum atomic E-state index is 12.4. The molecule has 0 radical (unpaired) electrons. The van der Waals surface area contributed by atoms with Gasteiger partial charge in [-0.1, -0.05) is 42.5 Å². The number of rotatable bonds is 6. The largest absolute Gasteiger partial charge is 0.497 e. The molecule has 2 amide bonds. The Hall–Kier alpha value is -3.58. The second kappa shape index (κ2) is 8.84. The number of thiazole rings is 1. The van der Waals surface area contributed by atoms with E-state index in [1.807, 2.05) is 47.8 Å². The zero-order valence-electron chi connectivity index (χ0n) is 16.6. The van der Waals surface area contributed by atoms with Gasteiger partial charge in [0.2, 0.25) is 0 Å². The molecule has 6 nitrogen and oxygen atoms in total. The lowest BCUT2D eigenvalue weighted by Crippen LogP contribution is -2.28. The molecular weight excluding hydrogens is 398 g/mol. The van der Waals surface area contributed by atoms with E-state index in [0.717, 1.165) is 21.9 Å². The Morgan fingerprint density at radius 1 is 1.03 bits per heavy atom. The number of nitrogens with one attached hydrogen (secondary N) is 2. The zero-order chi connectivity index (χ0) is 20.9. The summed E-state index contributed by atoms with van der Waals surface area (Å²) in [4.78, 5) is 16.9. The van der Waals surface area contributed by atoms with Crippen molar-refractivity contribution in [3.63, 3.8) is 0 Å². The molecule has 152 valence electrons. The zero-order valence-corrected chi connectivity index (χ0v) is 17.5. The van der Waals surface area contributed by atoms with E-state index in [1.54, 1.807) is 14.2 Å². The number of hydrogen-bond acceptors (Lipinski definition) is 5. The number of benzene rings is 3. The van der Waals surface area contributed by atoms with Crippen molar-refractivity contribution >= 4 is 33.3 Å².